The summed E-state index contributed by atoms with van der Waals surface area (Å²) in [6, 6.07) is 8.60. The van der Waals surface area contributed by atoms with Crippen molar-refractivity contribution in [3.63, 3.8) is 0 Å². The van der Waals surface area contributed by atoms with Crippen LogP contribution in [0.1, 0.15) is 26.2 Å². The molecule has 0 bridgehead atoms. The molecule has 0 amide bonds. The van der Waals surface area contributed by atoms with Gasteiger partial charge in [0.05, 0.1) is 0 Å². The van der Waals surface area contributed by atoms with Gasteiger partial charge >= 0.3 is 92.4 Å². The minimum atomic E-state index is -3.99. The van der Waals surface area contributed by atoms with Crippen LogP contribution in [0.25, 0.3) is 0 Å². The van der Waals surface area contributed by atoms with Gasteiger partial charge in [-0.1, -0.05) is 0 Å². The van der Waals surface area contributed by atoms with Crippen LogP contribution < -0.4 is 4.46 Å². The first-order valence-electron chi connectivity index (χ1n) is 5.13. The fourth-order valence-electron chi connectivity index (χ4n) is 1.21. The summed E-state index contributed by atoms with van der Waals surface area (Å²) in [4.78, 5) is 1.38. The third-order valence-electron chi connectivity index (χ3n) is 2.07. The van der Waals surface area contributed by atoms with Gasteiger partial charge in [-0.05, 0) is 0 Å². The zero-order valence-corrected chi connectivity index (χ0v) is 10.6. The van der Waals surface area contributed by atoms with E-state index in [1.54, 1.807) is 30.3 Å². The number of rotatable bonds is 5. The maximum absolute atomic E-state index is 11.8. The van der Waals surface area contributed by atoms with E-state index in [1.165, 1.54) is 4.97 Å². The van der Waals surface area contributed by atoms with Crippen molar-refractivity contribution < 1.29 is 7.67 Å². The Morgan fingerprint density at radius 3 is 2.47 bits per heavy atom. The molecule has 0 unspecified atom stereocenters. The summed E-state index contributed by atoms with van der Waals surface area (Å²) >= 11 is -3.99. The van der Waals surface area contributed by atoms with Gasteiger partial charge in [0.25, 0.3) is 0 Å². The molecule has 2 nitrogen and oxygen atoms in total. The van der Waals surface area contributed by atoms with Gasteiger partial charge in [-0.15, -0.1) is 0 Å². The Kier molecular flexibility index (Phi) is 4.73. The van der Waals surface area contributed by atoms with Gasteiger partial charge in [0.15, 0.2) is 0 Å². The number of hydrogen-bond donors (Lipinski definition) is 0. The van der Waals surface area contributed by atoms with E-state index in [1.807, 2.05) is 6.07 Å². The molecule has 0 saturated heterocycles. The standard InChI is InChI=1S/C12H16O2Se/c1-2-3-4-8-11-15(13,14)12-9-6-5-7-10-12/h5-11H,2-4H2,1H3. The molecule has 15 heavy (non-hydrogen) atoms. The molecule has 1 rings (SSSR count). The van der Waals surface area contributed by atoms with Gasteiger partial charge in [-0.25, -0.2) is 0 Å². The van der Waals surface area contributed by atoms with Crippen molar-refractivity contribution in [3.8, 4) is 0 Å². The zero-order chi connectivity index (χ0) is 11.1. The number of allylic oxidation sites excluding steroid dienone is 1. The molecule has 1 aromatic rings. The van der Waals surface area contributed by atoms with E-state index in [9.17, 15) is 7.67 Å². The summed E-state index contributed by atoms with van der Waals surface area (Å²) in [6.07, 6.45) is 4.73. The predicted octanol–water partition coefficient (Wildman–Crippen LogP) is 2.48. The maximum atomic E-state index is 11.8. The summed E-state index contributed by atoms with van der Waals surface area (Å²) in [5.41, 5.74) is 0. The van der Waals surface area contributed by atoms with Crippen LogP contribution in [-0.2, 0) is 7.67 Å². The summed E-state index contributed by atoms with van der Waals surface area (Å²) in [5.74, 6) is 0. The van der Waals surface area contributed by atoms with E-state index in [2.05, 4.69) is 6.92 Å². The molecule has 0 radical (unpaired) electrons. The van der Waals surface area contributed by atoms with Crippen LogP contribution in [0, 0.1) is 0 Å². The van der Waals surface area contributed by atoms with E-state index < -0.39 is 12.7 Å². The molecule has 0 heterocycles. The van der Waals surface area contributed by atoms with Crippen molar-refractivity contribution in [1.29, 1.82) is 0 Å². The van der Waals surface area contributed by atoms with Crippen molar-refractivity contribution in [1.82, 2.24) is 0 Å². The van der Waals surface area contributed by atoms with Crippen molar-refractivity contribution in [2.24, 2.45) is 0 Å². The van der Waals surface area contributed by atoms with Crippen LogP contribution in [0.4, 0.5) is 0 Å². The Morgan fingerprint density at radius 2 is 1.87 bits per heavy atom. The van der Waals surface area contributed by atoms with Crippen LogP contribution in [0.15, 0.2) is 41.4 Å². The third-order valence-corrected chi connectivity index (χ3v) is 5.18. The van der Waals surface area contributed by atoms with Crippen molar-refractivity contribution >= 4 is 17.2 Å². The molecule has 0 aliphatic heterocycles. The van der Waals surface area contributed by atoms with Crippen LogP contribution >= 0.6 is 0 Å². The normalized spacial score (nSPS) is 12.1. The Hall–Kier alpha value is -0.921. The molecule has 0 spiro atoms. The molecule has 0 atom stereocenters. The molecule has 0 aliphatic rings. The zero-order valence-electron chi connectivity index (χ0n) is 8.89. The fraction of sp³-hybridized carbons (Fsp3) is 0.333. The first-order valence-corrected chi connectivity index (χ1v) is 8.38. The van der Waals surface area contributed by atoms with Gasteiger partial charge in [0.1, 0.15) is 0 Å². The first kappa shape index (κ1) is 12.2. The molecule has 1 aromatic carbocycles. The molecule has 0 fully saturated rings. The first-order chi connectivity index (χ1) is 7.17. The van der Waals surface area contributed by atoms with Crippen molar-refractivity contribution in [2.45, 2.75) is 26.2 Å². The van der Waals surface area contributed by atoms with Gasteiger partial charge in [0.2, 0.25) is 0 Å². The van der Waals surface area contributed by atoms with Crippen LogP contribution in [0.3, 0.4) is 0 Å². The average molecular weight is 271 g/mol. The quantitative estimate of drug-likeness (QED) is 0.609. The number of hydrogen-bond acceptors (Lipinski definition) is 2. The second-order valence-electron chi connectivity index (χ2n) is 3.37. The van der Waals surface area contributed by atoms with Gasteiger partial charge < -0.3 is 0 Å². The number of unbranched alkanes of at least 4 members (excludes halogenated alkanes) is 2. The van der Waals surface area contributed by atoms with Crippen LogP contribution in [0.5, 0.6) is 0 Å². The molecular formula is C12H16O2Se. The monoisotopic (exact) mass is 272 g/mol. The average Bonchev–Trinajstić information content (AvgIpc) is 2.26. The Morgan fingerprint density at radius 1 is 1.20 bits per heavy atom. The minimum absolute atomic E-state index is 0.432. The molecule has 0 aliphatic carbocycles. The Labute approximate surface area is 92.6 Å². The third kappa shape index (κ3) is 3.98. The molecule has 0 N–H and O–H groups in total. The SMILES string of the molecule is CCCCC=C[Se](=O)(=O)c1ccccc1. The second-order valence-corrected chi connectivity index (χ2v) is 7.22. The van der Waals surface area contributed by atoms with Crippen LogP contribution in [-0.4, -0.2) is 12.7 Å². The summed E-state index contributed by atoms with van der Waals surface area (Å²) in [6.45, 7) is 2.09. The molecule has 0 aromatic heterocycles. The Balaban J connectivity index is 2.73. The van der Waals surface area contributed by atoms with Gasteiger partial charge in [0, 0.05) is 0 Å². The van der Waals surface area contributed by atoms with E-state index in [-0.39, 0.29) is 0 Å². The topological polar surface area (TPSA) is 34.1 Å². The van der Waals surface area contributed by atoms with Crippen LogP contribution in [0.2, 0.25) is 0 Å². The van der Waals surface area contributed by atoms with Gasteiger partial charge in [-0.2, -0.15) is 0 Å². The van der Waals surface area contributed by atoms with E-state index in [0.717, 1.165) is 19.3 Å². The summed E-state index contributed by atoms with van der Waals surface area (Å²) < 4.78 is 24.0. The second kappa shape index (κ2) is 5.84. The summed E-state index contributed by atoms with van der Waals surface area (Å²) in [7, 11) is 0. The van der Waals surface area contributed by atoms with E-state index >= 15 is 0 Å². The predicted molar refractivity (Wildman–Crippen MR) is 61.9 cm³/mol. The summed E-state index contributed by atoms with van der Waals surface area (Å²) in [5, 5.41) is 0. The molecule has 0 saturated carbocycles. The molecular weight excluding hydrogens is 255 g/mol. The molecule has 82 valence electrons. The van der Waals surface area contributed by atoms with E-state index in [0.29, 0.717) is 4.46 Å². The Bertz CT molecular complexity index is 405. The van der Waals surface area contributed by atoms with Crippen molar-refractivity contribution in [2.75, 3.05) is 0 Å². The van der Waals surface area contributed by atoms with Gasteiger partial charge in [-0.3, -0.25) is 0 Å². The molecule has 3 heteroatoms. The fourth-order valence-corrected chi connectivity index (χ4v) is 3.48. The van der Waals surface area contributed by atoms with Crippen molar-refractivity contribution in [3.05, 3.63) is 41.4 Å². The number of benzene rings is 1. The van der Waals surface area contributed by atoms with E-state index in [4.69, 9.17) is 0 Å².